The van der Waals surface area contributed by atoms with Crippen molar-refractivity contribution in [2.45, 2.75) is 46.3 Å². The van der Waals surface area contributed by atoms with E-state index in [2.05, 4.69) is 20.9 Å². The molecule has 1 aromatic heterocycles. The van der Waals surface area contributed by atoms with E-state index in [1.165, 1.54) is 0 Å². The molecule has 0 saturated heterocycles. The first kappa shape index (κ1) is 13.6. The van der Waals surface area contributed by atoms with E-state index in [0.717, 1.165) is 12.2 Å². The first-order valence-electron chi connectivity index (χ1n) is 5.81. The Morgan fingerprint density at radius 1 is 1.47 bits per heavy atom. The molecule has 17 heavy (non-hydrogen) atoms. The summed E-state index contributed by atoms with van der Waals surface area (Å²) in [5.74, 6) is -0.0580. The Morgan fingerprint density at radius 2 is 2.18 bits per heavy atom. The van der Waals surface area contributed by atoms with Gasteiger partial charge in [0.2, 0.25) is 5.91 Å². The van der Waals surface area contributed by atoms with Crippen molar-refractivity contribution < 1.29 is 4.79 Å². The van der Waals surface area contributed by atoms with Crippen molar-refractivity contribution in [3.8, 4) is 0 Å². The average Bonchev–Trinajstić information content (AvgIpc) is 2.59. The van der Waals surface area contributed by atoms with Crippen molar-refractivity contribution in [3.63, 3.8) is 0 Å². The van der Waals surface area contributed by atoms with Gasteiger partial charge in [0.05, 0.1) is 11.9 Å². The molecule has 0 aliphatic rings. The second-order valence-corrected chi connectivity index (χ2v) is 4.99. The second-order valence-electron chi connectivity index (χ2n) is 4.99. The zero-order valence-electron chi connectivity index (χ0n) is 10.9. The lowest BCUT2D eigenvalue weighted by Gasteiger charge is -2.20. The minimum Gasteiger partial charge on any atom is -0.350 e. The Morgan fingerprint density at radius 3 is 2.76 bits per heavy atom. The van der Waals surface area contributed by atoms with Crippen LogP contribution in [0.1, 0.15) is 33.4 Å². The van der Waals surface area contributed by atoms with Crippen LogP contribution in [0.4, 0.5) is 0 Å². The van der Waals surface area contributed by atoms with Gasteiger partial charge in [0.15, 0.2) is 0 Å². The van der Waals surface area contributed by atoms with Gasteiger partial charge in [0.1, 0.15) is 6.54 Å². The van der Waals surface area contributed by atoms with Crippen molar-refractivity contribution in [2.75, 3.05) is 6.54 Å². The van der Waals surface area contributed by atoms with Crippen molar-refractivity contribution >= 4 is 5.91 Å². The summed E-state index contributed by atoms with van der Waals surface area (Å²) >= 11 is 0. The molecule has 1 rings (SSSR count). The van der Waals surface area contributed by atoms with Crippen LogP contribution in [0.25, 0.3) is 0 Å². The van der Waals surface area contributed by atoms with E-state index in [9.17, 15) is 4.79 Å². The van der Waals surface area contributed by atoms with E-state index in [-0.39, 0.29) is 18.0 Å². The molecule has 0 atom stereocenters. The van der Waals surface area contributed by atoms with Gasteiger partial charge in [0.25, 0.3) is 0 Å². The summed E-state index contributed by atoms with van der Waals surface area (Å²) in [5, 5.41) is 13.9. The zero-order chi connectivity index (χ0) is 12.9. The van der Waals surface area contributed by atoms with E-state index in [4.69, 9.17) is 0 Å². The third-order valence-electron chi connectivity index (χ3n) is 1.96. The Hall–Kier alpha value is -1.43. The van der Waals surface area contributed by atoms with Gasteiger partial charge < -0.3 is 10.6 Å². The topological polar surface area (TPSA) is 71.8 Å². The molecular weight excluding hydrogens is 218 g/mol. The lowest BCUT2D eigenvalue weighted by atomic mass is 10.1. The summed E-state index contributed by atoms with van der Waals surface area (Å²) in [4.78, 5) is 11.6. The smallest absolute Gasteiger partial charge is 0.242 e. The fourth-order valence-electron chi connectivity index (χ4n) is 1.35. The molecule has 0 bridgehead atoms. The van der Waals surface area contributed by atoms with Crippen LogP contribution >= 0.6 is 0 Å². The summed E-state index contributed by atoms with van der Waals surface area (Å²) in [6.07, 6.45) is 1.78. The van der Waals surface area contributed by atoms with Gasteiger partial charge in [0, 0.05) is 12.1 Å². The van der Waals surface area contributed by atoms with Crippen LogP contribution in [0, 0.1) is 0 Å². The standard InChI is InChI=1S/C11H21N5O/c1-5-12-6-9-7-16(15-14-9)8-10(17)13-11(2,3)4/h7,12H,5-6,8H2,1-4H3,(H,13,17). The number of rotatable bonds is 5. The van der Waals surface area contributed by atoms with E-state index in [0.29, 0.717) is 6.54 Å². The second kappa shape index (κ2) is 5.77. The maximum Gasteiger partial charge on any atom is 0.242 e. The van der Waals surface area contributed by atoms with Gasteiger partial charge in [-0.25, -0.2) is 4.68 Å². The van der Waals surface area contributed by atoms with Gasteiger partial charge >= 0.3 is 0 Å². The molecule has 0 spiro atoms. The molecule has 0 unspecified atom stereocenters. The number of nitrogens with zero attached hydrogens (tertiary/aromatic N) is 3. The number of carbonyl (C=O) groups excluding carboxylic acids is 1. The number of aromatic nitrogens is 3. The molecule has 0 aliphatic carbocycles. The van der Waals surface area contributed by atoms with Crippen LogP contribution in [-0.2, 0) is 17.9 Å². The summed E-state index contributed by atoms with van der Waals surface area (Å²) in [5.41, 5.74) is 0.625. The van der Waals surface area contributed by atoms with Gasteiger partial charge in [-0.3, -0.25) is 4.79 Å². The molecule has 6 nitrogen and oxygen atoms in total. The van der Waals surface area contributed by atoms with Crippen molar-refractivity contribution in [3.05, 3.63) is 11.9 Å². The molecular formula is C11H21N5O. The molecule has 0 aromatic carbocycles. The fraction of sp³-hybridized carbons (Fsp3) is 0.727. The van der Waals surface area contributed by atoms with Crippen molar-refractivity contribution in [2.24, 2.45) is 0 Å². The van der Waals surface area contributed by atoms with Crippen LogP contribution < -0.4 is 10.6 Å². The molecule has 0 radical (unpaired) electrons. The zero-order valence-corrected chi connectivity index (χ0v) is 10.9. The number of amides is 1. The first-order chi connectivity index (χ1) is 7.90. The molecule has 1 amide bonds. The molecule has 1 aromatic rings. The van der Waals surface area contributed by atoms with Crippen LogP contribution in [0.3, 0.4) is 0 Å². The highest BCUT2D eigenvalue weighted by Crippen LogP contribution is 1.99. The molecule has 6 heteroatoms. The van der Waals surface area contributed by atoms with E-state index in [1.807, 2.05) is 27.7 Å². The van der Waals surface area contributed by atoms with Gasteiger partial charge in [-0.2, -0.15) is 0 Å². The third-order valence-corrected chi connectivity index (χ3v) is 1.96. The largest absolute Gasteiger partial charge is 0.350 e. The predicted octanol–water partition coefficient (Wildman–Crippen LogP) is 0.302. The highest BCUT2D eigenvalue weighted by molar-refractivity contribution is 5.76. The quantitative estimate of drug-likeness (QED) is 0.775. The molecule has 96 valence electrons. The highest BCUT2D eigenvalue weighted by atomic mass is 16.2. The molecule has 0 fully saturated rings. The van der Waals surface area contributed by atoms with Crippen LogP contribution in [0.5, 0.6) is 0 Å². The maximum absolute atomic E-state index is 11.6. The Bertz CT molecular complexity index is 366. The van der Waals surface area contributed by atoms with Crippen LogP contribution in [0.2, 0.25) is 0 Å². The van der Waals surface area contributed by atoms with Gasteiger partial charge in [-0.1, -0.05) is 12.1 Å². The normalized spacial score (nSPS) is 11.5. The third kappa shape index (κ3) is 5.44. The van der Waals surface area contributed by atoms with Gasteiger partial charge in [-0.05, 0) is 27.3 Å². The highest BCUT2D eigenvalue weighted by Gasteiger charge is 2.14. The Kier molecular flexibility index (Phi) is 4.62. The van der Waals surface area contributed by atoms with Crippen LogP contribution in [-0.4, -0.2) is 33.0 Å². The Balaban J connectivity index is 2.46. The fourth-order valence-corrected chi connectivity index (χ4v) is 1.35. The molecule has 2 N–H and O–H groups in total. The summed E-state index contributed by atoms with van der Waals surface area (Å²) < 4.78 is 1.55. The summed E-state index contributed by atoms with van der Waals surface area (Å²) in [7, 11) is 0. The van der Waals surface area contributed by atoms with E-state index >= 15 is 0 Å². The molecule has 0 aliphatic heterocycles. The lowest BCUT2D eigenvalue weighted by molar-refractivity contribution is -0.123. The SMILES string of the molecule is CCNCc1cn(CC(=O)NC(C)(C)C)nn1. The van der Waals surface area contributed by atoms with Crippen LogP contribution in [0.15, 0.2) is 6.20 Å². The molecule has 1 heterocycles. The number of hydrogen-bond acceptors (Lipinski definition) is 4. The predicted molar refractivity (Wildman–Crippen MR) is 65.3 cm³/mol. The first-order valence-corrected chi connectivity index (χ1v) is 5.81. The van der Waals surface area contributed by atoms with E-state index < -0.39 is 0 Å². The molecule has 0 saturated carbocycles. The minimum absolute atomic E-state index is 0.0580. The number of nitrogens with one attached hydrogen (secondary N) is 2. The van der Waals surface area contributed by atoms with Crippen molar-refractivity contribution in [1.82, 2.24) is 25.6 Å². The Labute approximate surface area is 102 Å². The summed E-state index contributed by atoms with van der Waals surface area (Å²) in [6, 6.07) is 0. The van der Waals surface area contributed by atoms with E-state index in [1.54, 1.807) is 10.9 Å². The maximum atomic E-state index is 11.6. The number of hydrogen-bond donors (Lipinski definition) is 2. The van der Waals surface area contributed by atoms with Gasteiger partial charge in [-0.15, -0.1) is 5.10 Å². The number of carbonyl (C=O) groups is 1. The average molecular weight is 239 g/mol. The monoisotopic (exact) mass is 239 g/mol. The lowest BCUT2D eigenvalue weighted by Crippen LogP contribution is -2.42. The van der Waals surface area contributed by atoms with Crippen molar-refractivity contribution in [1.29, 1.82) is 0 Å². The summed E-state index contributed by atoms with van der Waals surface area (Å²) in [6.45, 7) is 9.64. The minimum atomic E-state index is -0.218.